The zero-order chi connectivity index (χ0) is 14.2. The summed E-state index contributed by atoms with van der Waals surface area (Å²) in [6, 6.07) is 3.01. The standard InChI is InChI=1S/C13H14BrNO4/c1-7(6-14)15-12(16)8-4-5-9(18-2)11(19-3)10(8)13(15)17/h4-5,7H,6H2,1-3H3. The molecule has 19 heavy (non-hydrogen) atoms. The van der Waals surface area contributed by atoms with E-state index in [1.807, 2.05) is 0 Å². The van der Waals surface area contributed by atoms with Crippen molar-refractivity contribution in [3.63, 3.8) is 0 Å². The number of alkyl halides is 1. The minimum absolute atomic E-state index is 0.219. The molecule has 2 rings (SSSR count). The predicted octanol–water partition coefficient (Wildman–Crippen LogP) is 2.08. The molecule has 0 aliphatic carbocycles. The predicted molar refractivity (Wildman–Crippen MR) is 73.3 cm³/mol. The molecule has 0 fully saturated rings. The van der Waals surface area contributed by atoms with Gasteiger partial charge >= 0.3 is 0 Å². The molecular weight excluding hydrogens is 314 g/mol. The average molecular weight is 328 g/mol. The minimum atomic E-state index is -0.345. The van der Waals surface area contributed by atoms with Crippen molar-refractivity contribution in [2.75, 3.05) is 19.5 Å². The van der Waals surface area contributed by atoms with E-state index in [1.165, 1.54) is 19.1 Å². The number of hydrogen-bond donors (Lipinski definition) is 0. The SMILES string of the molecule is COc1ccc2c(c1OC)C(=O)N(C(C)CBr)C2=O. The Labute approximate surface area is 119 Å². The summed E-state index contributed by atoms with van der Waals surface area (Å²) in [6.45, 7) is 1.81. The number of fused-ring (bicyclic) bond motifs is 1. The van der Waals surface area contributed by atoms with E-state index in [1.54, 1.807) is 19.1 Å². The molecule has 1 atom stereocenters. The van der Waals surface area contributed by atoms with Crippen molar-refractivity contribution >= 4 is 27.7 Å². The highest BCUT2D eigenvalue weighted by atomic mass is 79.9. The second kappa shape index (κ2) is 5.21. The quantitative estimate of drug-likeness (QED) is 0.627. The topological polar surface area (TPSA) is 55.8 Å². The van der Waals surface area contributed by atoms with Gasteiger partial charge in [-0.2, -0.15) is 0 Å². The normalized spacial score (nSPS) is 15.5. The summed E-state index contributed by atoms with van der Waals surface area (Å²) in [5.41, 5.74) is 0.634. The number of benzene rings is 1. The lowest BCUT2D eigenvalue weighted by atomic mass is 10.1. The van der Waals surface area contributed by atoms with Crippen LogP contribution in [0, 0.1) is 0 Å². The first-order valence-electron chi connectivity index (χ1n) is 5.75. The molecule has 6 heteroatoms. The first-order chi connectivity index (χ1) is 9.06. The highest BCUT2D eigenvalue weighted by Gasteiger charge is 2.41. The summed E-state index contributed by atoms with van der Waals surface area (Å²) < 4.78 is 10.4. The van der Waals surface area contributed by atoms with Crippen molar-refractivity contribution < 1.29 is 19.1 Å². The molecule has 0 N–H and O–H groups in total. The van der Waals surface area contributed by atoms with Crippen LogP contribution in [0.3, 0.4) is 0 Å². The second-order valence-electron chi connectivity index (χ2n) is 4.21. The van der Waals surface area contributed by atoms with Crippen LogP contribution in [0.15, 0.2) is 12.1 Å². The lowest BCUT2D eigenvalue weighted by molar-refractivity contribution is 0.0611. The van der Waals surface area contributed by atoms with Crippen LogP contribution in [0.4, 0.5) is 0 Å². The van der Waals surface area contributed by atoms with Gasteiger partial charge in [-0.25, -0.2) is 0 Å². The average Bonchev–Trinajstić information content (AvgIpc) is 2.69. The van der Waals surface area contributed by atoms with Crippen molar-refractivity contribution in [3.8, 4) is 11.5 Å². The van der Waals surface area contributed by atoms with Gasteiger partial charge in [0.05, 0.1) is 25.3 Å². The molecule has 5 nitrogen and oxygen atoms in total. The first kappa shape index (κ1) is 13.9. The van der Waals surface area contributed by atoms with Gasteiger partial charge in [-0.05, 0) is 19.1 Å². The highest BCUT2D eigenvalue weighted by Crippen LogP contribution is 2.38. The number of hydrogen-bond acceptors (Lipinski definition) is 4. The largest absolute Gasteiger partial charge is 0.493 e. The molecule has 1 heterocycles. The third kappa shape index (κ3) is 2.00. The van der Waals surface area contributed by atoms with Gasteiger partial charge in [-0.1, -0.05) is 15.9 Å². The molecule has 1 aromatic rings. The molecule has 1 aliphatic heterocycles. The lowest BCUT2D eigenvalue weighted by Gasteiger charge is -2.20. The second-order valence-corrected chi connectivity index (χ2v) is 4.85. The molecule has 1 aromatic carbocycles. The van der Waals surface area contributed by atoms with Crippen LogP contribution in [0.25, 0.3) is 0 Å². The van der Waals surface area contributed by atoms with Crippen molar-refractivity contribution in [2.24, 2.45) is 0 Å². The van der Waals surface area contributed by atoms with E-state index in [2.05, 4.69) is 15.9 Å². The van der Waals surface area contributed by atoms with Gasteiger partial charge < -0.3 is 9.47 Å². The number of nitrogens with zero attached hydrogens (tertiary/aromatic N) is 1. The molecule has 2 amide bonds. The zero-order valence-corrected chi connectivity index (χ0v) is 12.5. The zero-order valence-electron chi connectivity index (χ0n) is 10.9. The number of ether oxygens (including phenoxy) is 2. The van der Waals surface area contributed by atoms with Crippen LogP contribution in [-0.2, 0) is 0 Å². The van der Waals surface area contributed by atoms with Gasteiger partial charge in [0.25, 0.3) is 11.8 Å². The number of carbonyl (C=O) groups is 2. The smallest absolute Gasteiger partial charge is 0.265 e. The van der Waals surface area contributed by atoms with E-state index in [4.69, 9.17) is 9.47 Å². The van der Waals surface area contributed by atoms with Crippen molar-refractivity contribution in [3.05, 3.63) is 23.3 Å². The summed E-state index contributed by atoms with van der Waals surface area (Å²) in [7, 11) is 2.94. The number of imide groups is 1. The number of methoxy groups -OCH3 is 2. The van der Waals surface area contributed by atoms with Gasteiger partial charge in [0.2, 0.25) is 0 Å². The molecule has 102 valence electrons. The number of halogens is 1. The van der Waals surface area contributed by atoms with Crippen LogP contribution in [-0.4, -0.2) is 42.3 Å². The molecule has 0 saturated heterocycles. The molecule has 0 radical (unpaired) electrons. The van der Waals surface area contributed by atoms with Gasteiger partial charge in [0.1, 0.15) is 0 Å². The first-order valence-corrected chi connectivity index (χ1v) is 6.87. The van der Waals surface area contributed by atoms with Gasteiger partial charge in [0, 0.05) is 11.4 Å². The van der Waals surface area contributed by atoms with E-state index in [0.717, 1.165) is 0 Å². The maximum absolute atomic E-state index is 12.4. The van der Waals surface area contributed by atoms with Crippen LogP contribution in [0.2, 0.25) is 0 Å². The van der Waals surface area contributed by atoms with E-state index in [0.29, 0.717) is 22.4 Å². The summed E-state index contributed by atoms with van der Waals surface area (Å²) in [5.74, 6) is 0.106. The Morgan fingerprint density at radius 3 is 2.42 bits per heavy atom. The Balaban J connectivity index is 2.59. The number of rotatable bonds is 4. The van der Waals surface area contributed by atoms with E-state index < -0.39 is 0 Å². The summed E-state index contributed by atoms with van der Waals surface area (Å²) >= 11 is 3.29. The fourth-order valence-corrected chi connectivity index (χ4v) is 2.42. The van der Waals surface area contributed by atoms with Gasteiger partial charge in [-0.15, -0.1) is 0 Å². The van der Waals surface area contributed by atoms with Gasteiger partial charge in [-0.3, -0.25) is 14.5 Å². The van der Waals surface area contributed by atoms with Crippen LogP contribution < -0.4 is 9.47 Å². The maximum Gasteiger partial charge on any atom is 0.265 e. The Morgan fingerprint density at radius 1 is 1.21 bits per heavy atom. The Kier molecular flexibility index (Phi) is 3.80. The Hall–Kier alpha value is -1.56. The fraction of sp³-hybridized carbons (Fsp3) is 0.385. The van der Waals surface area contributed by atoms with Crippen molar-refractivity contribution in [1.82, 2.24) is 4.90 Å². The molecule has 0 saturated carbocycles. The number of carbonyl (C=O) groups excluding carboxylic acids is 2. The van der Waals surface area contributed by atoms with Crippen molar-refractivity contribution in [2.45, 2.75) is 13.0 Å². The molecule has 0 spiro atoms. The van der Waals surface area contributed by atoms with Gasteiger partial charge in [0.15, 0.2) is 11.5 Å². The summed E-state index contributed by atoms with van der Waals surface area (Å²) in [5, 5.41) is 0.526. The lowest BCUT2D eigenvalue weighted by Crippen LogP contribution is -2.38. The van der Waals surface area contributed by atoms with E-state index in [-0.39, 0.29) is 23.4 Å². The Morgan fingerprint density at radius 2 is 1.89 bits per heavy atom. The van der Waals surface area contributed by atoms with Crippen molar-refractivity contribution in [1.29, 1.82) is 0 Å². The molecule has 1 aliphatic rings. The van der Waals surface area contributed by atoms with E-state index in [9.17, 15) is 9.59 Å². The van der Waals surface area contributed by atoms with Crippen LogP contribution >= 0.6 is 15.9 Å². The minimum Gasteiger partial charge on any atom is -0.493 e. The third-order valence-corrected chi connectivity index (χ3v) is 4.03. The third-order valence-electron chi connectivity index (χ3n) is 3.09. The van der Waals surface area contributed by atoms with Crippen LogP contribution in [0.5, 0.6) is 11.5 Å². The molecular formula is C13H14BrNO4. The Bertz CT molecular complexity index is 544. The summed E-state index contributed by atoms with van der Waals surface area (Å²) in [6.07, 6.45) is 0. The maximum atomic E-state index is 12.4. The monoisotopic (exact) mass is 327 g/mol. The molecule has 0 bridgehead atoms. The number of amides is 2. The molecule has 0 aromatic heterocycles. The highest BCUT2D eigenvalue weighted by molar-refractivity contribution is 9.09. The summed E-state index contributed by atoms with van der Waals surface area (Å²) in [4.78, 5) is 25.9. The fourth-order valence-electron chi connectivity index (χ4n) is 2.13. The van der Waals surface area contributed by atoms with E-state index >= 15 is 0 Å². The van der Waals surface area contributed by atoms with Crippen LogP contribution in [0.1, 0.15) is 27.6 Å². The molecule has 1 unspecified atom stereocenters.